The minimum absolute atomic E-state index is 0.00602. The van der Waals surface area contributed by atoms with E-state index in [1.54, 1.807) is 12.4 Å². The number of aromatic nitrogens is 4. The molecule has 25 heavy (non-hydrogen) atoms. The van der Waals surface area contributed by atoms with Gasteiger partial charge in [-0.25, -0.2) is 4.98 Å². The van der Waals surface area contributed by atoms with Crippen LogP contribution in [0.2, 0.25) is 5.02 Å². The molecule has 6 N–H and O–H groups in total. The van der Waals surface area contributed by atoms with Crippen LogP contribution in [0.4, 0.5) is 17.5 Å². The van der Waals surface area contributed by atoms with Crippen LogP contribution < -0.4 is 22.1 Å². The van der Waals surface area contributed by atoms with Gasteiger partial charge in [0.05, 0.1) is 17.0 Å². The second kappa shape index (κ2) is 7.12. The summed E-state index contributed by atoms with van der Waals surface area (Å²) in [6.07, 6.45) is 1.70. The number of nitrogen functional groups attached to an aromatic ring is 1. The highest BCUT2D eigenvalue weighted by Crippen LogP contribution is 2.25. The lowest BCUT2D eigenvalue weighted by molar-refractivity contribution is 0.773. The van der Waals surface area contributed by atoms with Crippen LogP contribution in [0.3, 0.4) is 0 Å². The maximum atomic E-state index is 6.07. The maximum absolute atomic E-state index is 6.07. The number of nitrogens with one attached hydrogen (secondary N) is 2. The second-order valence-corrected chi connectivity index (χ2v) is 6.36. The number of nitrogens with zero attached hydrogens (tertiary/aromatic N) is 4. The lowest BCUT2D eigenvalue weighted by Gasteiger charge is -2.12. The largest absolute Gasteiger partial charge is 0.397 e. The molecule has 3 rings (SSSR count). The Morgan fingerprint density at radius 1 is 1.28 bits per heavy atom. The van der Waals surface area contributed by atoms with Crippen molar-refractivity contribution in [2.45, 2.75) is 19.5 Å². The van der Waals surface area contributed by atoms with Crippen LogP contribution in [0.5, 0.6) is 0 Å². The lowest BCUT2D eigenvalue weighted by Crippen LogP contribution is -2.26. The number of hydrogen-bond acceptors (Lipinski definition) is 7. The molecule has 3 aromatic rings. The molecule has 1 aromatic carbocycles. The molecule has 2 aromatic heterocycles. The zero-order chi connectivity index (χ0) is 18.0. The fourth-order valence-corrected chi connectivity index (χ4v) is 2.57. The van der Waals surface area contributed by atoms with Crippen molar-refractivity contribution < 1.29 is 0 Å². The van der Waals surface area contributed by atoms with Crippen LogP contribution in [0.15, 0.2) is 24.5 Å². The molecule has 8 nitrogen and oxygen atoms in total. The maximum Gasteiger partial charge on any atom is 0.226 e. The zero-order valence-electron chi connectivity index (χ0n) is 14.1. The number of anilines is 3. The van der Waals surface area contributed by atoms with E-state index < -0.39 is 0 Å². The van der Waals surface area contributed by atoms with Crippen LogP contribution in [0.25, 0.3) is 11.2 Å². The minimum atomic E-state index is -0.00602. The van der Waals surface area contributed by atoms with E-state index in [9.17, 15) is 0 Å². The van der Waals surface area contributed by atoms with Crippen LogP contribution in [-0.2, 0) is 13.6 Å². The summed E-state index contributed by atoms with van der Waals surface area (Å²) in [6.45, 7) is 2.96. The summed E-state index contributed by atoms with van der Waals surface area (Å²) in [5.74, 6) is 1.12. The Morgan fingerprint density at radius 2 is 2.08 bits per heavy atom. The summed E-state index contributed by atoms with van der Waals surface area (Å²) in [7, 11) is 1.89. The van der Waals surface area contributed by atoms with Gasteiger partial charge in [-0.3, -0.25) is 0 Å². The van der Waals surface area contributed by atoms with Gasteiger partial charge in [0.2, 0.25) is 5.95 Å². The van der Waals surface area contributed by atoms with Gasteiger partial charge in [-0.2, -0.15) is 9.97 Å². The average molecular weight is 361 g/mol. The van der Waals surface area contributed by atoms with Crippen LogP contribution in [0, 0.1) is 0 Å². The molecule has 0 saturated heterocycles. The van der Waals surface area contributed by atoms with Gasteiger partial charge in [0.1, 0.15) is 0 Å². The Labute approximate surface area is 150 Å². The van der Waals surface area contributed by atoms with Crippen LogP contribution in [-0.4, -0.2) is 32.1 Å². The number of imidazole rings is 1. The van der Waals surface area contributed by atoms with E-state index >= 15 is 0 Å². The molecule has 1 unspecified atom stereocenters. The summed E-state index contributed by atoms with van der Waals surface area (Å²) in [5, 5.41) is 6.95. The average Bonchev–Trinajstić information content (AvgIpc) is 2.95. The normalized spacial score (nSPS) is 12.3. The Kier molecular flexibility index (Phi) is 4.91. The van der Waals surface area contributed by atoms with E-state index in [4.69, 9.17) is 23.1 Å². The molecule has 0 spiro atoms. The third kappa shape index (κ3) is 3.75. The molecular weight excluding hydrogens is 340 g/mol. The zero-order valence-corrected chi connectivity index (χ0v) is 14.9. The molecule has 0 radical (unpaired) electrons. The number of para-hydroxylation sites is 1. The fraction of sp³-hybridized carbons (Fsp3) is 0.312. The minimum Gasteiger partial charge on any atom is -0.397 e. The third-order valence-electron chi connectivity index (χ3n) is 3.73. The van der Waals surface area contributed by atoms with Gasteiger partial charge in [0.15, 0.2) is 17.0 Å². The first kappa shape index (κ1) is 17.2. The predicted molar refractivity (Wildman–Crippen MR) is 102 cm³/mol. The van der Waals surface area contributed by atoms with Gasteiger partial charge in [0, 0.05) is 26.2 Å². The van der Waals surface area contributed by atoms with Crippen molar-refractivity contribution in [3.63, 3.8) is 0 Å². The number of hydrogen-bond donors (Lipinski definition) is 4. The predicted octanol–water partition coefficient (Wildman–Crippen LogP) is 1.97. The highest BCUT2D eigenvalue weighted by Gasteiger charge is 2.13. The Bertz CT molecular complexity index is 889. The number of aryl methyl sites for hydroxylation is 1. The SMILES string of the molecule is CC(N)CNc1nc(NCc2cccc(Cl)c2N)c2ncn(C)c2n1. The number of fused-ring (bicyclic) bond motifs is 1. The van der Waals surface area contributed by atoms with Crippen molar-refractivity contribution in [1.82, 2.24) is 19.5 Å². The van der Waals surface area contributed by atoms with E-state index in [2.05, 4.69) is 25.6 Å². The van der Waals surface area contributed by atoms with Crippen molar-refractivity contribution in [2.24, 2.45) is 12.8 Å². The van der Waals surface area contributed by atoms with Gasteiger partial charge in [-0.15, -0.1) is 0 Å². The van der Waals surface area contributed by atoms with E-state index in [1.807, 2.05) is 30.7 Å². The van der Waals surface area contributed by atoms with E-state index in [0.29, 0.717) is 41.1 Å². The molecular formula is C16H21ClN8. The summed E-state index contributed by atoms with van der Waals surface area (Å²) in [6, 6.07) is 5.54. The van der Waals surface area contributed by atoms with Crippen LogP contribution in [0.1, 0.15) is 12.5 Å². The van der Waals surface area contributed by atoms with Crippen LogP contribution >= 0.6 is 11.6 Å². The van der Waals surface area contributed by atoms with Gasteiger partial charge >= 0.3 is 0 Å². The monoisotopic (exact) mass is 360 g/mol. The molecule has 9 heteroatoms. The van der Waals surface area contributed by atoms with Gasteiger partial charge < -0.3 is 26.7 Å². The Balaban J connectivity index is 1.90. The first-order valence-corrected chi connectivity index (χ1v) is 8.28. The Hall–Kier alpha value is -2.58. The third-order valence-corrected chi connectivity index (χ3v) is 4.06. The molecule has 0 aliphatic carbocycles. The number of rotatable bonds is 6. The van der Waals surface area contributed by atoms with Gasteiger partial charge in [0.25, 0.3) is 0 Å². The van der Waals surface area contributed by atoms with Crippen molar-refractivity contribution in [2.75, 3.05) is 22.9 Å². The first-order chi connectivity index (χ1) is 12.0. The highest BCUT2D eigenvalue weighted by atomic mass is 35.5. The van der Waals surface area contributed by atoms with Crippen molar-refractivity contribution in [3.05, 3.63) is 35.1 Å². The molecule has 0 saturated carbocycles. The molecule has 0 amide bonds. The number of nitrogens with two attached hydrogens (primary N) is 2. The molecule has 1 atom stereocenters. The topological polar surface area (TPSA) is 120 Å². The van der Waals surface area contributed by atoms with Gasteiger partial charge in [-0.1, -0.05) is 23.7 Å². The Morgan fingerprint density at radius 3 is 2.84 bits per heavy atom. The van der Waals surface area contributed by atoms with E-state index in [-0.39, 0.29) is 6.04 Å². The smallest absolute Gasteiger partial charge is 0.226 e. The molecule has 0 bridgehead atoms. The first-order valence-electron chi connectivity index (χ1n) is 7.91. The van der Waals surface area contributed by atoms with Crippen molar-refractivity contribution in [3.8, 4) is 0 Å². The summed E-state index contributed by atoms with van der Waals surface area (Å²) < 4.78 is 1.84. The quantitative estimate of drug-likeness (QED) is 0.496. The van der Waals surface area contributed by atoms with Crippen molar-refractivity contribution >= 4 is 40.2 Å². The molecule has 0 fully saturated rings. The number of benzene rings is 1. The molecule has 0 aliphatic rings. The fourth-order valence-electron chi connectivity index (χ4n) is 2.38. The highest BCUT2D eigenvalue weighted by molar-refractivity contribution is 6.33. The molecule has 0 aliphatic heterocycles. The second-order valence-electron chi connectivity index (χ2n) is 5.95. The van der Waals surface area contributed by atoms with E-state index in [0.717, 1.165) is 11.2 Å². The summed E-state index contributed by atoms with van der Waals surface area (Å²) >= 11 is 6.07. The number of halogens is 1. The molecule has 132 valence electrons. The lowest BCUT2D eigenvalue weighted by atomic mass is 10.2. The van der Waals surface area contributed by atoms with E-state index in [1.165, 1.54) is 0 Å². The standard InChI is InChI=1S/C16H21ClN8/c1-9(18)6-21-16-23-14(13-15(24-16)25(2)8-22-13)20-7-10-4-3-5-11(17)12(10)19/h3-5,8-9H,6-7,18-19H2,1-2H3,(H2,20,21,23,24). The summed E-state index contributed by atoms with van der Waals surface area (Å²) in [4.78, 5) is 13.4. The molecule has 2 heterocycles. The van der Waals surface area contributed by atoms with Gasteiger partial charge in [-0.05, 0) is 18.6 Å². The summed E-state index contributed by atoms with van der Waals surface area (Å²) in [5.41, 5.74) is 14.7. The van der Waals surface area contributed by atoms with Crippen molar-refractivity contribution in [1.29, 1.82) is 0 Å².